The molecule has 152 valence electrons. The van der Waals surface area contributed by atoms with Crippen molar-refractivity contribution in [3.63, 3.8) is 0 Å². The number of hydrogen-bond acceptors (Lipinski definition) is 7. The molecule has 0 saturated heterocycles. The van der Waals surface area contributed by atoms with Crippen LogP contribution < -0.4 is 10.5 Å². The Hall–Kier alpha value is -2.01. The highest BCUT2D eigenvalue weighted by atomic mass is 32.2. The van der Waals surface area contributed by atoms with E-state index >= 15 is 0 Å². The summed E-state index contributed by atoms with van der Waals surface area (Å²) in [7, 11) is -3.46. The summed E-state index contributed by atoms with van der Waals surface area (Å²) in [5.74, 6) is 1.16. The first kappa shape index (κ1) is 20.7. The normalized spacial score (nSPS) is 12.1. The maximum absolute atomic E-state index is 12.3. The van der Waals surface area contributed by atoms with E-state index in [0.717, 1.165) is 22.6 Å². The van der Waals surface area contributed by atoms with E-state index in [9.17, 15) is 8.42 Å². The molecule has 0 bridgehead atoms. The molecule has 28 heavy (non-hydrogen) atoms. The zero-order chi connectivity index (χ0) is 20.3. The summed E-state index contributed by atoms with van der Waals surface area (Å²) in [6.45, 7) is 7.70. The number of nitrogens with one attached hydrogen (secondary N) is 1. The summed E-state index contributed by atoms with van der Waals surface area (Å²) >= 11 is 1.20. The third kappa shape index (κ3) is 4.19. The predicted octanol–water partition coefficient (Wildman–Crippen LogP) is 2.60. The molecule has 10 heteroatoms. The van der Waals surface area contributed by atoms with Crippen molar-refractivity contribution in [3.05, 3.63) is 34.6 Å². The maximum Gasteiger partial charge on any atom is 0.250 e. The Bertz CT molecular complexity index is 1060. The number of sulfonamides is 1. The molecule has 3 aromatic rings. The molecule has 3 rings (SSSR count). The van der Waals surface area contributed by atoms with Gasteiger partial charge in [0.05, 0.1) is 5.52 Å². The summed E-state index contributed by atoms with van der Waals surface area (Å²) in [6.07, 6.45) is 0.607. The first-order valence-corrected chi connectivity index (χ1v) is 11.4. The SMILES string of the molecule is CCOCc1nc2c(N)nc(C)c(C)c2n1CCCNS(=O)(=O)c1cccs1. The van der Waals surface area contributed by atoms with Gasteiger partial charge >= 0.3 is 0 Å². The van der Waals surface area contributed by atoms with Gasteiger partial charge in [-0.15, -0.1) is 11.3 Å². The van der Waals surface area contributed by atoms with Gasteiger partial charge in [-0.3, -0.25) is 0 Å². The number of imidazole rings is 1. The zero-order valence-electron chi connectivity index (χ0n) is 16.2. The molecule has 3 N–H and O–H groups in total. The Balaban J connectivity index is 1.81. The maximum atomic E-state index is 12.3. The van der Waals surface area contributed by atoms with Crippen molar-refractivity contribution in [1.82, 2.24) is 19.3 Å². The number of pyridine rings is 1. The lowest BCUT2D eigenvalue weighted by Crippen LogP contribution is -2.25. The van der Waals surface area contributed by atoms with E-state index in [1.165, 1.54) is 11.3 Å². The third-order valence-corrected chi connectivity index (χ3v) is 7.38. The monoisotopic (exact) mass is 423 g/mol. The number of fused-ring (bicyclic) bond motifs is 1. The minimum Gasteiger partial charge on any atom is -0.382 e. The van der Waals surface area contributed by atoms with E-state index in [0.29, 0.717) is 48.3 Å². The number of nitrogens with two attached hydrogens (primary N) is 1. The Morgan fingerprint density at radius 1 is 1.32 bits per heavy atom. The summed E-state index contributed by atoms with van der Waals surface area (Å²) in [5.41, 5.74) is 9.55. The van der Waals surface area contributed by atoms with Crippen molar-refractivity contribution in [2.24, 2.45) is 0 Å². The summed E-state index contributed by atoms with van der Waals surface area (Å²) in [6, 6.07) is 3.32. The van der Waals surface area contributed by atoms with Crippen molar-refractivity contribution in [2.75, 3.05) is 18.9 Å². The molecular weight excluding hydrogens is 398 g/mol. The highest BCUT2D eigenvalue weighted by Gasteiger charge is 2.18. The Morgan fingerprint density at radius 3 is 2.79 bits per heavy atom. The van der Waals surface area contributed by atoms with Gasteiger partial charge in [0.2, 0.25) is 10.0 Å². The van der Waals surface area contributed by atoms with Crippen LogP contribution in [0.25, 0.3) is 11.0 Å². The molecule has 0 aliphatic heterocycles. The van der Waals surface area contributed by atoms with Gasteiger partial charge in [-0.25, -0.2) is 23.1 Å². The summed E-state index contributed by atoms with van der Waals surface area (Å²) in [5, 5.41) is 1.75. The second kappa shape index (κ2) is 8.56. The van der Waals surface area contributed by atoms with Crippen molar-refractivity contribution < 1.29 is 13.2 Å². The highest BCUT2D eigenvalue weighted by Crippen LogP contribution is 2.26. The lowest BCUT2D eigenvalue weighted by molar-refractivity contribution is 0.126. The molecule has 0 spiro atoms. The predicted molar refractivity (Wildman–Crippen MR) is 111 cm³/mol. The van der Waals surface area contributed by atoms with Crippen LogP contribution in [-0.4, -0.2) is 36.1 Å². The van der Waals surface area contributed by atoms with E-state index in [4.69, 9.17) is 10.5 Å². The molecule has 0 fully saturated rings. The van der Waals surface area contributed by atoms with Gasteiger partial charge in [-0.1, -0.05) is 6.07 Å². The van der Waals surface area contributed by atoms with Gasteiger partial charge in [-0.2, -0.15) is 0 Å². The quantitative estimate of drug-likeness (QED) is 0.512. The van der Waals surface area contributed by atoms with Gasteiger partial charge in [0.15, 0.2) is 5.82 Å². The fourth-order valence-corrected chi connectivity index (χ4v) is 5.13. The molecule has 0 aromatic carbocycles. The molecule has 0 radical (unpaired) electrons. The van der Waals surface area contributed by atoms with E-state index in [2.05, 4.69) is 19.3 Å². The average molecular weight is 424 g/mol. The summed E-state index contributed by atoms with van der Waals surface area (Å²) in [4.78, 5) is 9.00. The Kier molecular flexibility index (Phi) is 6.33. The van der Waals surface area contributed by atoms with Crippen LogP contribution in [0.1, 0.15) is 30.4 Å². The van der Waals surface area contributed by atoms with Gasteiger partial charge in [0.25, 0.3) is 0 Å². The Morgan fingerprint density at radius 2 is 2.11 bits per heavy atom. The lowest BCUT2D eigenvalue weighted by Gasteiger charge is -2.12. The molecule has 3 heterocycles. The van der Waals surface area contributed by atoms with Crippen LogP contribution in [0.5, 0.6) is 0 Å². The van der Waals surface area contributed by atoms with Crippen LogP contribution in [0.3, 0.4) is 0 Å². The van der Waals surface area contributed by atoms with E-state index in [1.807, 2.05) is 20.8 Å². The fraction of sp³-hybridized carbons (Fsp3) is 0.444. The molecule has 0 atom stereocenters. The third-order valence-electron chi connectivity index (χ3n) is 4.52. The molecule has 8 nitrogen and oxygen atoms in total. The fourth-order valence-electron chi connectivity index (χ4n) is 3.02. The molecule has 0 unspecified atom stereocenters. The van der Waals surface area contributed by atoms with Gasteiger partial charge < -0.3 is 15.0 Å². The average Bonchev–Trinajstić information content (AvgIpc) is 3.30. The van der Waals surface area contributed by atoms with E-state index < -0.39 is 10.0 Å². The number of thiophene rings is 1. The summed E-state index contributed by atoms with van der Waals surface area (Å²) < 4.78 is 35.1. The number of rotatable bonds is 9. The van der Waals surface area contributed by atoms with Gasteiger partial charge in [0, 0.05) is 25.4 Å². The number of anilines is 1. The smallest absolute Gasteiger partial charge is 0.250 e. The van der Waals surface area contributed by atoms with Crippen molar-refractivity contribution in [3.8, 4) is 0 Å². The number of ether oxygens (including phenoxy) is 1. The Labute approximate surface area is 168 Å². The molecule has 0 aliphatic carbocycles. The zero-order valence-corrected chi connectivity index (χ0v) is 17.9. The number of nitrogen functional groups attached to an aromatic ring is 1. The van der Waals surface area contributed by atoms with Crippen molar-refractivity contribution >= 4 is 38.2 Å². The van der Waals surface area contributed by atoms with Crippen LogP contribution >= 0.6 is 11.3 Å². The number of hydrogen-bond donors (Lipinski definition) is 2. The lowest BCUT2D eigenvalue weighted by atomic mass is 10.2. The van der Waals surface area contributed by atoms with Crippen molar-refractivity contribution in [1.29, 1.82) is 0 Å². The number of nitrogens with zero attached hydrogens (tertiary/aromatic N) is 3. The molecule has 0 amide bonds. The van der Waals surface area contributed by atoms with Crippen LogP contribution in [0, 0.1) is 13.8 Å². The van der Waals surface area contributed by atoms with Gasteiger partial charge in [-0.05, 0) is 44.2 Å². The molecular formula is C18H25N5O3S2. The first-order chi connectivity index (χ1) is 13.3. The minimum absolute atomic E-state index is 0.322. The molecule has 3 aromatic heterocycles. The van der Waals surface area contributed by atoms with Crippen LogP contribution in [0.4, 0.5) is 5.82 Å². The second-order valence-corrected chi connectivity index (χ2v) is 9.35. The molecule has 0 saturated carbocycles. The minimum atomic E-state index is -3.46. The van der Waals surface area contributed by atoms with Gasteiger partial charge in [0.1, 0.15) is 22.2 Å². The van der Waals surface area contributed by atoms with Crippen LogP contribution in [-0.2, 0) is 27.9 Å². The molecule has 0 aliphatic rings. The van der Waals surface area contributed by atoms with E-state index in [1.54, 1.807) is 17.5 Å². The second-order valence-electron chi connectivity index (χ2n) is 6.40. The number of aromatic nitrogens is 3. The number of aryl methyl sites for hydroxylation is 3. The van der Waals surface area contributed by atoms with Crippen molar-refractivity contribution in [2.45, 2.75) is 44.6 Å². The first-order valence-electron chi connectivity index (χ1n) is 9.07. The van der Waals surface area contributed by atoms with Crippen LogP contribution in [0.15, 0.2) is 21.7 Å². The standard InChI is InChI=1S/C18H25N5O3S2/c1-4-26-11-14-22-16-17(12(2)13(3)21-18(16)19)23(14)9-6-8-20-28(24,25)15-7-5-10-27-15/h5,7,10,20H,4,6,8-9,11H2,1-3H3,(H2,19,21). The van der Waals surface area contributed by atoms with E-state index in [-0.39, 0.29) is 0 Å². The largest absolute Gasteiger partial charge is 0.382 e. The highest BCUT2D eigenvalue weighted by molar-refractivity contribution is 7.91. The van der Waals surface area contributed by atoms with Crippen LogP contribution in [0.2, 0.25) is 0 Å². The topological polar surface area (TPSA) is 112 Å².